The van der Waals surface area contributed by atoms with Crippen molar-refractivity contribution in [2.75, 3.05) is 13.1 Å². The van der Waals surface area contributed by atoms with Crippen LogP contribution in [0.5, 0.6) is 0 Å². The Hall–Kier alpha value is -1.59. The molecule has 1 aliphatic rings. The Morgan fingerprint density at radius 3 is 2.76 bits per heavy atom. The molecule has 21 heavy (non-hydrogen) atoms. The average Bonchev–Trinajstić information content (AvgIpc) is 2.90. The van der Waals surface area contributed by atoms with E-state index in [9.17, 15) is 4.79 Å². The lowest BCUT2D eigenvalue weighted by molar-refractivity contribution is 0.0683. The second-order valence-corrected chi connectivity index (χ2v) is 5.58. The van der Waals surface area contributed by atoms with Crippen molar-refractivity contribution in [1.82, 2.24) is 14.5 Å². The fraction of sp³-hybridized carbons (Fsp3) is 0.467. The number of fused-ring (bicyclic) bond motifs is 1. The first kappa shape index (κ1) is 15.8. The van der Waals surface area contributed by atoms with Crippen LogP contribution in [-0.4, -0.2) is 39.6 Å². The van der Waals surface area contributed by atoms with Gasteiger partial charge in [0, 0.05) is 25.3 Å². The van der Waals surface area contributed by atoms with E-state index in [1.54, 1.807) is 10.7 Å². The quantitative estimate of drug-likeness (QED) is 0.922. The van der Waals surface area contributed by atoms with Crippen molar-refractivity contribution in [2.24, 2.45) is 11.7 Å². The maximum absolute atomic E-state index is 12.6. The molecular weight excluding hydrogens is 288 g/mol. The third kappa shape index (κ3) is 3.04. The molecule has 2 aromatic heterocycles. The third-order valence-electron chi connectivity index (χ3n) is 4.23. The van der Waals surface area contributed by atoms with Crippen molar-refractivity contribution in [2.45, 2.75) is 25.8 Å². The molecule has 114 valence electrons. The van der Waals surface area contributed by atoms with Crippen LogP contribution in [0.4, 0.5) is 0 Å². The molecule has 0 saturated carbocycles. The summed E-state index contributed by atoms with van der Waals surface area (Å²) in [6.45, 7) is 3.62. The highest BCUT2D eigenvalue weighted by Crippen LogP contribution is 2.22. The van der Waals surface area contributed by atoms with Gasteiger partial charge in [0.05, 0.1) is 17.3 Å². The van der Waals surface area contributed by atoms with E-state index in [1.165, 1.54) is 0 Å². The van der Waals surface area contributed by atoms with Gasteiger partial charge >= 0.3 is 0 Å². The zero-order valence-corrected chi connectivity index (χ0v) is 12.9. The van der Waals surface area contributed by atoms with Crippen LogP contribution in [0.3, 0.4) is 0 Å². The second kappa shape index (κ2) is 6.45. The van der Waals surface area contributed by atoms with Crippen LogP contribution in [0, 0.1) is 5.92 Å². The number of rotatable bonds is 2. The minimum atomic E-state index is 0. The molecule has 2 N–H and O–H groups in total. The lowest BCUT2D eigenvalue weighted by atomic mass is 9.91. The van der Waals surface area contributed by atoms with Gasteiger partial charge < -0.3 is 10.6 Å². The van der Waals surface area contributed by atoms with E-state index in [0.717, 1.165) is 31.4 Å². The minimum Gasteiger partial charge on any atom is -0.339 e. The molecule has 1 aliphatic heterocycles. The molecule has 0 aromatic carbocycles. The first-order valence-electron chi connectivity index (χ1n) is 7.14. The SMILES string of the molecule is CC(N)C1CCN(C(=O)c2cnn3ccccc23)CC1.Cl. The van der Waals surface area contributed by atoms with Gasteiger partial charge in [-0.25, -0.2) is 4.52 Å². The normalized spacial score (nSPS) is 17.5. The standard InChI is InChI=1S/C15H20N4O.ClH/c1-11(16)12-5-8-18(9-6-12)15(20)13-10-17-19-7-3-2-4-14(13)19;/h2-4,7,10-12H,5-6,8-9,16H2,1H3;1H. The Bertz CT molecular complexity index is 617. The highest BCUT2D eigenvalue weighted by molar-refractivity contribution is 6.00. The summed E-state index contributed by atoms with van der Waals surface area (Å²) >= 11 is 0. The molecule has 0 spiro atoms. The number of hydrogen-bond donors (Lipinski definition) is 1. The van der Waals surface area contributed by atoms with E-state index in [4.69, 9.17) is 5.73 Å². The molecule has 1 unspecified atom stereocenters. The fourth-order valence-corrected chi connectivity index (χ4v) is 2.90. The van der Waals surface area contributed by atoms with E-state index in [0.29, 0.717) is 11.5 Å². The smallest absolute Gasteiger partial charge is 0.257 e. The maximum Gasteiger partial charge on any atom is 0.257 e. The molecule has 0 radical (unpaired) electrons. The predicted molar refractivity (Wildman–Crippen MR) is 84.7 cm³/mol. The Morgan fingerprint density at radius 2 is 2.10 bits per heavy atom. The highest BCUT2D eigenvalue weighted by Gasteiger charge is 2.26. The minimum absolute atomic E-state index is 0. The van der Waals surface area contributed by atoms with Gasteiger partial charge in [0.15, 0.2) is 0 Å². The van der Waals surface area contributed by atoms with Gasteiger partial charge in [0.2, 0.25) is 0 Å². The van der Waals surface area contributed by atoms with Crippen LogP contribution in [0.15, 0.2) is 30.6 Å². The molecule has 0 aliphatic carbocycles. The van der Waals surface area contributed by atoms with Crippen LogP contribution >= 0.6 is 12.4 Å². The maximum atomic E-state index is 12.6. The first-order chi connectivity index (χ1) is 9.66. The predicted octanol–water partition coefficient (Wildman–Crippen LogP) is 1.96. The summed E-state index contributed by atoms with van der Waals surface area (Å²) in [6.07, 6.45) is 5.50. The van der Waals surface area contributed by atoms with E-state index in [1.807, 2.05) is 36.2 Å². The molecule has 1 atom stereocenters. The number of likely N-dealkylation sites (tertiary alicyclic amines) is 1. The number of carbonyl (C=O) groups is 1. The van der Waals surface area contributed by atoms with Crippen molar-refractivity contribution in [3.63, 3.8) is 0 Å². The van der Waals surface area contributed by atoms with Crippen molar-refractivity contribution < 1.29 is 4.79 Å². The monoisotopic (exact) mass is 308 g/mol. The van der Waals surface area contributed by atoms with E-state index in [-0.39, 0.29) is 24.4 Å². The summed E-state index contributed by atoms with van der Waals surface area (Å²) in [5.41, 5.74) is 7.49. The molecule has 3 heterocycles. The van der Waals surface area contributed by atoms with Crippen molar-refractivity contribution >= 4 is 23.8 Å². The second-order valence-electron chi connectivity index (χ2n) is 5.58. The molecule has 3 rings (SSSR count). The summed E-state index contributed by atoms with van der Waals surface area (Å²) in [5.74, 6) is 0.609. The summed E-state index contributed by atoms with van der Waals surface area (Å²) < 4.78 is 1.74. The molecule has 1 amide bonds. The van der Waals surface area contributed by atoms with E-state index >= 15 is 0 Å². The third-order valence-corrected chi connectivity index (χ3v) is 4.23. The summed E-state index contributed by atoms with van der Waals surface area (Å²) in [6, 6.07) is 5.97. The Balaban J connectivity index is 0.00000161. The average molecular weight is 309 g/mol. The summed E-state index contributed by atoms with van der Waals surface area (Å²) in [7, 11) is 0. The van der Waals surface area contributed by atoms with Crippen LogP contribution in [0.2, 0.25) is 0 Å². The van der Waals surface area contributed by atoms with Crippen LogP contribution in [0.1, 0.15) is 30.1 Å². The molecule has 6 heteroatoms. The van der Waals surface area contributed by atoms with E-state index < -0.39 is 0 Å². The molecule has 0 bridgehead atoms. The van der Waals surface area contributed by atoms with Crippen LogP contribution < -0.4 is 5.73 Å². The van der Waals surface area contributed by atoms with Gasteiger partial charge in [-0.1, -0.05) is 6.07 Å². The van der Waals surface area contributed by atoms with Gasteiger partial charge in [0.25, 0.3) is 5.91 Å². The van der Waals surface area contributed by atoms with E-state index in [2.05, 4.69) is 5.10 Å². The van der Waals surface area contributed by atoms with Crippen LogP contribution in [-0.2, 0) is 0 Å². The number of pyridine rings is 1. The largest absolute Gasteiger partial charge is 0.339 e. The first-order valence-corrected chi connectivity index (χ1v) is 7.14. The van der Waals surface area contributed by atoms with Crippen molar-refractivity contribution in [3.05, 3.63) is 36.2 Å². The van der Waals surface area contributed by atoms with Gasteiger partial charge in [-0.05, 0) is 37.8 Å². The molecule has 1 saturated heterocycles. The fourth-order valence-electron chi connectivity index (χ4n) is 2.90. The van der Waals surface area contributed by atoms with Gasteiger partial charge in [-0.15, -0.1) is 12.4 Å². The van der Waals surface area contributed by atoms with Gasteiger partial charge in [-0.2, -0.15) is 5.10 Å². The summed E-state index contributed by atoms with van der Waals surface area (Å²) in [4.78, 5) is 14.5. The van der Waals surface area contributed by atoms with Crippen LogP contribution in [0.25, 0.3) is 5.52 Å². The number of nitrogens with two attached hydrogens (primary N) is 1. The Labute approximate surface area is 130 Å². The molecular formula is C15H21ClN4O. The highest BCUT2D eigenvalue weighted by atomic mass is 35.5. The molecule has 5 nitrogen and oxygen atoms in total. The number of halogens is 1. The number of hydrogen-bond acceptors (Lipinski definition) is 3. The Morgan fingerprint density at radius 1 is 1.38 bits per heavy atom. The number of amides is 1. The lowest BCUT2D eigenvalue weighted by Crippen LogP contribution is -2.42. The number of piperidine rings is 1. The molecule has 1 fully saturated rings. The van der Waals surface area contributed by atoms with Crippen molar-refractivity contribution in [3.8, 4) is 0 Å². The number of nitrogens with zero attached hydrogens (tertiary/aromatic N) is 3. The zero-order valence-electron chi connectivity index (χ0n) is 12.1. The summed E-state index contributed by atoms with van der Waals surface area (Å²) in [5, 5.41) is 4.23. The lowest BCUT2D eigenvalue weighted by Gasteiger charge is -2.33. The Kier molecular flexibility index (Phi) is 4.85. The zero-order chi connectivity index (χ0) is 14.1. The molecule has 2 aromatic rings. The number of aromatic nitrogens is 2. The van der Waals surface area contributed by atoms with Crippen molar-refractivity contribution in [1.29, 1.82) is 0 Å². The van der Waals surface area contributed by atoms with Gasteiger partial charge in [-0.3, -0.25) is 4.79 Å². The number of carbonyl (C=O) groups excluding carboxylic acids is 1. The van der Waals surface area contributed by atoms with Gasteiger partial charge in [0.1, 0.15) is 0 Å². The topological polar surface area (TPSA) is 63.6 Å².